The van der Waals surface area contributed by atoms with Crippen molar-refractivity contribution in [3.8, 4) is 0 Å². The van der Waals surface area contributed by atoms with Crippen molar-refractivity contribution in [2.45, 2.75) is 33.1 Å². The molecule has 0 rings (SSSR count). The van der Waals surface area contributed by atoms with Crippen molar-refractivity contribution in [3.05, 3.63) is 0 Å². The molecule has 0 saturated heterocycles. The second-order valence-corrected chi connectivity index (χ2v) is 2.56. The van der Waals surface area contributed by atoms with E-state index in [9.17, 15) is 0 Å². The fourth-order valence-corrected chi connectivity index (χ4v) is 0.760. The topological polar surface area (TPSA) is 57.1 Å². The number of guanidine groups is 1. The molecule has 0 atom stereocenters. The largest absolute Gasteiger partial charge is 0.355 e. The molecule has 0 amide bonds. The van der Waals surface area contributed by atoms with Crippen LogP contribution in [-0.2, 0) is 4.84 Å². The van der Waals surface area contributed by atoms with E-state index in [1.807, 2.05) is 6.92 Å². The number of nitrogens with one attached hydrogen (secondary N) is 3. The smallest absolute Gasteiger partial charge is 0.212 e. The third kappa shape index (κ3) is 7.34. The molecule has 0 spiro atoms. The van der Waals surface area contributed by atoms with Gasteiger partial charge in [-0.2, -0.15) is 0 Å². The summed E-state index contributed by atoms with van der Waals surface area (Å²) in [5.74, 6) is 0.231. The average molecular weight is 173 g/mol. The number of rotatable bonds is 6. The molecule has 4 heteroatoms. The summed E-state index contributed by atoms with van der Waals surface area (Å²) in [5.41, 5.74) is 2.51. The second kappa shape index (κ2) is 8.33. The molecule has 4 nitrogen and oxygen atoms in total. The predicted molar refractivity (Wildman–Crippen MR) is 50.0 cm³/mol. The van der Waals surface area contributed by atoms with E-state index in [-0.39, 0.29) is 5.96 Å². The van der Waals surface area contributed by atoms with Gasteiger partial charge in [-0.1, -0.05) is 19.8 Å². The summed E-state index contributed by atoms with van der Waals surface area (Å²) in [7, 11) is 0. The average Bonchev–Trinajstić information content (AvgIpc) is 2.05. The van der Waals surface area contributed by atoms with Crippen LogP contribution in [0.1, 0.15) is 33.1 Å². The maximum absolute atomic E-state index is 7.22. The first-order chi connectivity index (χ1) is 5.81. The van der Waals surface area contributed by atoms with Gasteiger partial charge in [-0.3, -0.25) is 10.2 Å². The SMILES string of the molecule is CCCCCONC(=N)NCC. The highest BCUT2D eigenvalue weighted by Crippen LogP contribution is 1.92. The lowest BCUT2D eigenvalue weighted by Gasteiger charge is -2.07. The van der Waals surface area contributed by atoms with Gasteiger partial charge in [0.1, 0.15) is 0 Å². The summed E-state index contributed by atoms with van der Waals surface area (Å²) in [6, 6.07) is 0. The highest BCUT2D eigenvalue weighted by molar-refractivity contribution is 5.75. The van der Waals surface area contributed by atoms with Crippen LogP contribution in [0.5, 0.6) is 0 Å². The molecule has 0 unspecified atom stereocenters. The molecule has 0 aliphatic heterocycles. The van der Waals surface area contributed by atoms with Crippen molar-refractivity contribution in [3.63, 3.8) is 0 Å². The van der Waals surface area contributed by atoms with E-state index in [0.29, 0.717) is 6.61 Å². The highest BCUT2D eigenvalue weighted by atomic mass is 16.6. The molecule has 72 valence electrons. The summed E-state index contributed by atoms with van der Waals surface area (Å²) in [6.45, 7) is 5.49. The van der Waals surface area contributed by atoms with Gasteiger partial charge in [0.2, 0.25) is 5.96 Å². The first-order valence-corrected chi connectivity index (χ1v) is 4.51. The number of unbranched alkanes of at least 4 members (excludes halogenated alkanes) is 2. The quantitative estimate of drug-likeness (QED) is 0.245. The van der Waals surface area contributed by atoms with Crippen LogP contribution in [0.3, 0.4) is 0 Å². The van der Waals surface area contributed by atoms with Gasteiger partial charge in [-0.15, -0.1) is 0 Å². The third-order valence-electron chi connectivity index (χ3n) is 1.38. The lowest BCUT2D eigenvalue weighted by molar-refractivity contribution is 0.0788. The van der Waals surface area contributed by atoms with E-state index in [4.69, 9.17) is 10.2 Å². The molecule has 0 aromatic carbocycles. The van der Waals surface area contributed by atoms with E-state index in [1.165, 1.54) is 12.8 Å². The molecule has 0 aromatic heterocycles. The molecule has 0 aromatic rings. The lowest BCUT2D eigenvalue weighted by Crippen LogP contribution is -2.36. The molecular weight excluding hydrogens is 154 g/mol. The third-order valence-corrected chi connectivity index (χ3v) is 1.38. The Kier molecular flexibility index (Phi) is 7.79. The van der Waals surface area contributed by atoms with Crippen LogP contribution in [0.25, 0.3) is 0 Å². The molecule has 0 bridgehead atoms. The second-order valence-electron chi connectivity index (χ2n) is 2.56. The lowest BCUT2D eigenvalue weighted by atomic mass is 10.3. The maximum atomic E-state index is 7.22. The monoisotopic (exact) mass is 173 g/mol. The summed E-state index contributed by atoms with van der Waals surface area (Å²) in [5, 5.41) is 10.0. The van der Waals surface area contributed by atoms with E-state index in [2.05, 4.69) is 17.7 Å². The Morgan fingerprint density at radius 3 is 2.67 bits per heavy atom. The highest BCUT2D eigenvalue weighted by Gasteiger charge is 1.91. The van der Waals surface area contributed by atoms with Crippen molar-refractivity contribution >= 4 is 5.96 Å². The standard InChI is InChI=1S/C8H19N3O/c1-3-5-6-7-12-11-8(9)10-4-2/h3-7H2,1-2H3,(H3,9,10,11). The fourth-order valence-electron chi connectivity index (χ4n) is 0.760. The molecule has 0 radical (unpaired) electrons. The van der Waals surface area contributed by atoms with Crippen molar-refractivity contribution in [2.24, 2.45) is 0 Å². The van der Waals surface area contributed by atoms with Crippen LogP contribution in [0, 0.1) is 5.41 Å². The van der Waals surface area contributed by atoms with Crippen LogP contribution in [0.15, 0.2) is 0 Å². The zero-order valence-electron chi connectivity index (χ0n) is 7.94. The van der Waals surface area contributed by atoms with Gasteiger partial charge in [0.05, 0.1) is 6.61 Å². The Morgan fingerprint density at radius 2 is 2.08 bits per heavy atom. The van der Waals surface area contributed by atoms with E-state index >= 15 is 0 Å². The van der Waals surface area contributed by atoms with Gasteiger partial charge < -0.3 is 5.32 Å². The number of hydroxylamine groups is 1. The Labute approximate surface area is 74.1 Å². The molecular formula is C8H19N3O. The Bertz CT molecular complexity index is 117. The van der Waals surface area contributed by atoms with Crippen LogP contribution < -0.4 is 10.8 Å². The van der Waals surface area contributed by atoms with Gasteiger partial charge in [0.25, 0.3) is 0 Å². The van der Waals surface area contributed by atoms with Crippen LogP contribution >= 0.6 is 0 Å². The fraction of sp³-hybridized carbons (Fsp3) is 0.875. The zero-order chi connectivity index (χ0) is 9.23. The van der Waals surface area contributed by atoms with Crippen molar-refractivity contribution in [1.29, 1.82) is 5.41 Å². The Morgan fingerprint density at radius 1 is 1.33 bits per heavy atom. The van der Waals surface area contributed by atoms with Crippen molar-refractivity contribution in [2.75, 3.05) is 13.2 Å². The molecule has 0 aliphatic rings. The van der Waals surface area contributed by atoms with E-state index in [1.54, 1.807) is 0 Å². The summed E-state index contributed by atoms with van der Waals surface area (Å²) < 4.78 is 0. The maximum Gasteiger partial charge on any atom is 0.212 e. The molecule has 12 heavy (non-hydrogen) atoms. The van der Waals surface area contributed by atoms with Gasteiger partial charge in [-0.25, -0.2) is 5.48 Å². The summed E-state index contributed by atoms with van der Waals surface area (Å²) in [4.78, 5) is 5.01. The van der Waals surface area contributed by atoms with Crippen molar-refractivity contribution < 1.29 is 4.84 Å². The first-order valence-electron chi connectivity index (χ1n) is 4.51. The van der Waals surface area contributed by atoms with E-state index < -0.39 is 0 Å². The van der Waals surface area contributed by atoms with Gasteiger partial charge in [-0.05, 0) is 13.3 Å². The Balaban J connectivity index is 3.03. The zero-order valence-corrected chi connectivity index (χ0v) is 7.94. The summed E-state index contributed by atoms with van der Waals surface area (Å²) in [6.07, 6.45) is 3.41. The van der Waals surface area contributed by atoms with Gasteiger partial charge >= 0.3 is 0 Å². The summed E-state index contributed by atoms with van der Waals surface area (Å²) >= 11 is 0. The van der Waals surface area contributed by atoms with Crippen molar-refractivity contribution in [1.82, 2.24) is 10.8 Å². The first kappa shape index (κ1) is 11.2. The van der Waals surface area contributed by atoms with Crippen LogP contribution in [0.4, 0.5) is 0 Å². The molecule has 0 saturated carbocycles. The van der Waals surface area contributed by atoms with E-state index in [0.717, 1.165) is 13.0 Å². The minimum atomic E-state index is 0.231. The van der Waals surface area contributed by atoms with Crippen LogP contribution in [0.2, 0.25) is 0 Å². The predicted octanol–water partition coefficient (Wildman–Crippen LogP) is 1.24. The van der Waals surface area contributed by atoms with Crippen LogP contribution in [-0.4, -0.2) is 19.1 Å². The minimum absolute atomic E-state index is 0.231. The Hall–Kier alpha value is -0.770. The van der Waals surface area contributed by atoms with Gasteiger partial charge in [0, 0.05) is 6.54 Å². The molecule has 0 aliphatic carbocycles. The molecule has 0 fully saturated rings. The molecule has 0 heterocycles. The minimum Gasteiger partial charge on any atom is -0.355 e. The number of hydrogen-bond acceptors (Lipinski definition) is 2. The number of hydrogen-bond donors (Lipinski definition) is 3. The van der Waals surface area contributed by atoms with Gasteiger partial charge in [0.15, 0.2) is 0 Å². The molecule has 3 N–H and O–H groups in total. The normalized spacial score (nSPS) is 9.50.